The van der Waals surface area contributed by atoms with Gasteiger partial charge >= 0.3 is 0 Å². The lowest BCUT2D eigenvalue weighted by Crippen LogP contribution is -2.41. The van der Waals surface area contributed by atoms with Crippen LogP contribution >= 0.6 is 0 Å². The van der Waals surface area contributed by atoms with Gasteiger partial charge in [0.1, 0.15) is 5.82 Å². The molecule has 29 heavy (non-hydrogen) atoms. The van der Waals surface area contributed by atoms with Gasteiger partial charge in [0.05, 0.1) is 5.52 Å². The third kappa shape index (κ3) is 2.86. The molecule has 3 aliphatic rings. The summed E-state index contributed by atoms with van der Waals surface area (Å²) in [6.07, 6.45) is 6.66. The Kier molecular flexibility index (Phi) is 3.96. The Bertz CT molecular complexity index is 1080. The molecule has 1 aromatic carbocycles. The quantitative estimate of drug-likeness (QED) is 0.688. The molecular formula is C22H26N6O. The van der Waals surface area contributed by atoms with Crippen molar-refractivity contribution >= 4 is 28.4 Å². The maximum atomic E-state index is 12.7. The molecule has 6 rings (SSSR count). The molecule has 3 fully saturated rings. The van der Waals surface area contributed by atoms with Crippen molar-refractivity contribution in [3.8, 4) is 0 Å². The smallest absolute Gasteiger partial charge is 0.225 e. The number of fused-ring (bicyclic) bond motifs is 3. The molecule has 0 spiro atoms. The molecule has 1 saturated heterocycles. The third-order valence-corrected chi connectivity index (χ3v) is 6.74. The summed E-state index contributed by atoms with van der Waals surface area (Å²) in [7, 11) is 0. The minimum atomic E-state index is 0.270. The van der Waals surface area contributed by atoms with Gasteiger partial charge < -0.3 is 9.80 Å². The highest BCUT2D eigenvalue weighted by Gasteiger charge is 2.33. The molecule has 3 aromatic rings. The van der Waals surface area contributed by atoms with Gasteiger partial charge in [-0.25, -0.2) is 9.38 Å². The normalized spacial score (nSPS) is 20.8. The fourth-order valence-corrected chi connectivity index (χ4v) is 4.66. The van der Waals surface area contributed by atoms with Gasteiger partial charge in [-0.15, -0.1) is 10.2 Å². The summed E-state index contributed by atoms with van der Waals surface area (Å²) in [5.41, 5.74) is 1.86. The maximum absolute atomic E-state index is 12.7. The fraction of sp³-hybridized carbons (Fsp3) is 0.545. The Morgan fingerprint density at radius 3 is 2.59 bits per heavy atom. The van der Waals surface area contributed by atoms with E-state index in [0.29, 0.717) is 11.8 Å². The lowest BCUT2D eigenvalue weighted by molar-refractivity contribution is -0.137. The van der Waals surface area contributed by atoms with Crippen LogP contribution in [-0.2, 0) is 4.79 Å². The monoisotopic (exact) mass is 390 g/mol. The van der Waals surface area contributed by atoms with Crippen LogP contribution in [0.5, 0.6) is 0 Å². The van der Waals surface area contributed by atoms with Gasteiger partial charge in [-0.1, -0.05) is 18.6 Å². The minimum Gasteiger partial charge on any atom is -0.341 e. The Morgan fingerprint density at radius 2 is 1.79 bits per heavy atom. The number of amides is 1. The Balaban J connectivity index is 1.38. The predicted molar refractivity (Wildman–Crippen MR) is 111 cm³/mol. The summed E-state index contributed by atoms with van der Waals surface area (Å²) in [5.74, 6) is 3.10. The van der Waals surface area contributed by atoms with E-state index in [1.165, 1.54) is 19.3 Å². The number of anilines is 1. The molecule has 2 aliphatic carbocycles. The molecule has 0 radical (unpaired) electrons. The molecule has 2 saturated carbocycles. The first-order valence-corrected chi connectivity index (χ1v) is 11.0. The van der Waals surface area contributed by atoms with Crippen LogP contribution in [0.4, 0.5) is 5.95 Å². The van der Waals surface area contributed by atoms with Crippen molar-refractivity contribution in [2.75, 3.05) is 31.1 Å². The average molecular weight is 390 g/mol. The Morgan fingerprint density at radius 1 is 0.931 bits per heavy atom. The van der Waals surface area contributed by atoms with Gasteiger partial charge in [-0.05, 0) is 44.2 Å². The second-order valence-electron chi connectivity index (χ2n) is 8.71. The van der Waals surface area contributed by atoms with Gasteiger partial charge in [-0.2, -0.15) is 0 Å². The maximum Gasteiger partial charge on any atom is 0.225 e. The van der Waals surface area contributed by atoms with Gasteiger partial charge in [-0.3, -0.25) is 4.79 Å². The summed E-state index contributed by atoms with van der Waals surface area (Å²) >= 11 is 0. The number of carbonyl (C=O) groups is 1. The predicted octanol–water partition coefficient (Wildman–Crippen LogP) is 2.99. The lowest BCUT2D eigenvalue weighted by Gasteiger charge is -2.31. The topological polar surface area (TPSA) is 66.6 Å². The second kappa shape index (κ2) is 6.68. The number of aromatic nitrogens is 4. The van der Waals surface area contributed by atoms with E-state index in [0.717, 1.165) is 73.8 Å². The highest BCUT2D eigenvalue weighted by molar-refractivity contribution is 5.92. The number of benzene rings is 1. The number of nitrogens with zero attached hydrogens (tertiary/aromatic N) is 6. The summed E-state index contributed by atoms with van der Waals surface area (Å²) in [5, 5.41) is 10.2. The molecule has 150 valence electrons. The zero-order valence-corrected chi connectivity index (χ0v) is 16.6. The van der Waals surface area contributed by atoms with E-state index in [-0.39, 0.29) is 5.92 Å². The standard InChI is InChI=1S/C22H26N6O/c29-21(16-5-3-6-16)26-11-4-12-27(14-13-26)22-23-18-8-2-1-7-17(18)20-25-24-19(28(20)22)15-9-10-15/h1-2,7-8,15-16H,3-6,9-14H2. The van der Waals surface area contributed by atoms with Crippen molar-refractivity contribution in [3.05, 3.63) is 30.1 Å². The molecule has 3 heterocycles. The molecule has 1 amide bonds. The summed E-state index contributed by atoms with van der Waals surface area (Å²) in [6.45, 7) is 3.32. The number of hydrogen-bond acceptors (Lipinski definition) is 5. The van der Waals surface area contributed by atoms with Crippen LogP contribution in [-0.4, -0.2) is 56.6 Å². The zero-order valence-electron chi connectivity index (χ0n) is 16.6. The minimum absolute atomic E-state index is 0.270. The molecule has 0 atom stereocenters. The molecule has 0 N–H and O–H groups in total. The fourth-order valence-electron chi connectivity index (χ4n) is 4.66. The van der Waals surface area contributed by atoms with Crippen molar-refractivity contribution in [2.45, 2.75) is 44.4 Å². The molecule has 7 heteroatoms. The first kappa shape index (κ1) is 17.2. The van der Waals surface area contributed by atoms with Crippen LogP contribution in [0.15, 0.2) is 24.3 Å². The molecule has 1 aliphatic heterocycles. The Hall–Kier alpha value is -2.70. The van der Waals surface area contributed by atoms with Crippen molar-refractivity contribution in [2.24, 2.45) is 5.92 Å². The van der Waals surface area contributed by atoms with E-state index in [9.17, 15) is 4.79 Å². The molecular weight excluding hydrogens is 364 g/mol. The van der Waals surface area contributed by atoms with Gasteiger partial charge in [0.2, 0.25) is 11.9 Å². The first-order chi connectivity index (χ1) is 14.3. The second-order valence-corrected chi connectivity index (χ2v) is 8.71. The van der Waals surface area contributed by atoms with Gasteiger partial charge in [0.25, 0.3) is 0 Å². The van der Waals surface area contributed by atoms with E-state index in [2.05, 4.69) is 36.5 Å². The van der Waals surface area contributed by atoms with E-state index < -0.39 is 0 Å². The number of hydrogen-bond donors (Lipinski definition) is 0. The van der Waals surface area contributed by atoms with Crippen molar-refractivity contribution in [1.82, 2.24) is 24.5 Å². The van der Waals surface area contributed by atoms with Crippen molar-refractivity contribution in [1.29, 1.82) is 0 Å². The van der Waals surface area contributed by atoms with Crippen LogP contribution in [0.2, 0.25) is 0 Å². The molecule has 0 unspecified atom stereocenters. The van der Waals surface area contributed by atoms with Crippen LogP contribution in [0.3, 0.4) is 0 Å². The highest BCUT2D eigenvalue weighted by Crippen LogP contribution is 2.40. The van der Waals surface area contributed by atoms with E-state index in [1.54, 1.807) is 0 Å². The van der Waals surface area contributed by atoms with Crippen molar-refractivity contribution < 1.29 is 4.79 Å². The summed E-state index contributed by atoms with van der Waals surface area (Å²) in [6, 6.07) is 8.18. The van der Waals surface area contributed by atoms with Gasteiger partial charge in [0, 0.05) is 43.4 Å². The first-order valence-electron chi connectivity index (χ1n) is 11.0. The van der Waals surface area contributed by atoms with Gasteiger partial charge in [0.15, 0.2) is 5.65 Å². The number of para-hydroxylation sites is 1. The van der Waals surface area contributed by atoms with Crippen LogP contribution in [0.1, 0.15) is 50.3 Å². The lowest BCUT2D eigenvalue weighted by atomic mass is 9.84. The molecule has 0 bridgehead atoms. The van der Waals surface area contributed by atoms with E-state index in [4.69, 9.17) is 4.98 Å². The SMILES string of the molecule is O=C(C1CCC1)N1CCCN(c2nc3ccccc3c3nnc(C4CC4)n23)CC1. The summed E-state index contributed by atoms with van der Waals surface area (Å²) < 4.78 is 2.18. The largest absolute Gasteiger partial charge is 0.341 e. The number of carbonyl (C=O) groups excluding carboxylic acids is 1. The highest BCUT2D eigenvalue weighted by atomic mass is 16.2. The van der Waals surface area contributed by atoms with Crippen LogP contribution < -0.4 is 4.90 Å². The molecule has 2 aromatic heterocycles. The van der Waals surface area contributed by atoms with E-state index >= 15 is 0 Å². The summed E-state index contributed by atoms with van der Waals surface area (Å²) in [4.78, 5) is 22.2. The number of rotatable bonds is 3. The van der Waals surface area contributed by atoms with E-state index in [1.807, 2.05) is 12.1 Å². The average Bonchev–Trinajstić information content (AvgIpc) is 3.49. The van der Waals surface area contributed by atoms with Crippen molar-refractivity contribution in [3.63, 3.8) is 0 Å². The van der Waals surface area contributed by atoms with Crippen LogP contribution in [0, 0.1) is 5.92 Å². The zero-order chi connectivity index (χ0) is 19.4. The Labute approximate surface area is 169 Å². The molecule has 7 nitrogen and oxygen atoms in total. The third-order valence-electron chi connectivity index (χ3n) is 6.74. The van der Waals surface area contributed by atoms with Crippen LogP contribution in [0.25, 0.3) is 16.6 Å².